The highest BCUT2D eigenvalue weighted by Gasteiger charge is 2.34. The fraction of sp³-hybridized carbons (Fsp3) is 0.240. The van der Waals surface area contributed by atoms with E-state index in [0.717, 1.165) is 29.8 Å². The highest BCUT2D eigenvalue weighted by molar-refractivity contribution is 5.90. The van der Waals surface area contributed by atoms with E-state index in [1.807, 2.05) is 54.6 Å². The zero-order valence-electron chi connectivity index (χ0n) is 16.6. The molecule has 4 nitrogen and oxygen atoms in total. The van der Waals surface area contributed by atoms with Gasteiger partial charge in [0.15, 0.2) is 0 Å². The summed E-state index contributed by atoms with van der Waals surface area (Å²) in [5.41, 5.74) is 4.30. The molecule has 0 unspecified atom stereocenters. The van der Waals surface area contributed by atoms with Crippen molar-refractivity contribution in [2.75, 3.05) is 4.90 Å². The number of carbonyl (C=O) groups is 1. The van der Waals surface area contributed by atoms with Gasteiger partial charge >= 0.3 is 6.09 Å². The Hall–Kier alpha value is -3.11. The Balaban J connectivity index is 1.49. The van der Waals surface area contributed by atoms with Gasteiger partial charge in [-0.15, -0.1) is 0 Å². The summed E-state index contributed by atoms with van der Waals surface area (Å²) >= 11 is 0. The van der Waals surface area contributed by atoms with Gasteiger partial charge in [0.25, 0.3) is 0 Å². The van der Waals surface area contributed by atoms with Crippen molar-refractivity contribution in [2.24, 2.45) is 0 Å². The van der Waals surface area contributed by atoms with E-state index in [4.69, 9.17) is 4.74 Å². The van der Waals surface area contributed by atoms with Crippen molar-refractivity contribution in [3.05, 3.63) is 102 Å². The Labute approximate surface area is 172 Å². The Bertz CT molecular complexity index is 943. The van der Waals surface area contributed by atoms with Gasteiger partial charge in [-0.3, -0.25) is 4.90 Å². The van der Waals surface area contributed by atoms with Gasteiger partial charge in [-0.05, 0) is 36.1 Å². The second kappa shape index (κ2) is 8.93. The maximum atomic E-state index is 12.9. The molecule has 0 fully saturated rings. The molecule has 3 aromatic carbocycles. The Morgan fingerprint density at radius 1 is 0.931 bits per heavy atom. The minimum atomic E-state index is -0.296. The van der Waals surface area contributed by atoms with Crippen LogP contribution in [0.2, 0.25) is 0 Å². The molecule has 0 radical (unpaired) electrons. The quantitative estimate of drug-likeness (QED) is 0.634. The lowest BCUT2D eigenvalue weighted by Gasteiger charge is -2.39. The lowest BCUT2D eigenvalue weighted by molar-refractivity contribution is 0.143. The maximum Gasteiger partial charge on any atom is 0.414 e. The van der Waals surface area contributed by atoms with Gasteiger partial charge in [0.2, 0.25) is 0 Å². The van der Waals surface area contributed by atoms with Crippen molar-refractivity contribution < 1.29 is 9.53 Å². The van der Waals surface area contributed by atoms with Gasteiger partial charge in [-0.2, -0.15) is 0 Å². The lowest BCUT2D eigenvalue weighted by atomic mass is 9.92. The van der Waals surface area contributed by atoms with E-state index in [1.165, 1.54) is 5.56 Å². The van der Waals surface area contributed by atoms with Gasteiger partial charge in [-0.25, -0.2) is 4.79 Å². The number of para-hydroxylation sites is 1. The molecule has 0 bridgehead atoms. The van der Waals surface area contributed by atoms with Crippen LogP contribution >= 0.6 is 0 Å². The number of ether oxygens (including phenoxy) is 1. The van der Waals surface area contributed by atoms with Crippen LogP contribution < -0.4 is 10.2 Å². The van der Waals surface area contributed by atoms with Gasteiger partial charge in [-0.1, -0.05) is 78.9 Å². The van der Waals surface area contributed by atoms with Crippen LogP contribution in [0.1, 0.15) is 36.1 Å². The number of benzene rings is 3. The van der Waals surface area contributed by atoms with Crippen LogP contribution in [0.15, 0.2) is 84.9 Å². The average Bonchev–Trinajstić information content (AvgIpc) is 2.77. The highest BCUT2D eigenvalue weighted by atomic mass is 16.6. The molecule has 2 atom stereocenters. The van der Waals surface area contributed by atoms with Crippen molar-refractivity contribution in [1.82, 2.24) is 5.32 Å². The summed E-state index contributed by atoms with van der Waals surface area (Å²) in [5, 5.41) is 3.66. The van der Waals surface area contributed by atoms with Crippen molar-refractivity contribution in [1.29, 1.82) is 0 Å². The number of carbonyl (C=O) groups excluding carboxylic acids is 1. The Morgan fingerprint density at radius 2 is 1.55 bits per heavy atom. The first-order valence-corrected chi connectivity index (χ1v) is 10.1. The molecule has 29 heavy (non-hydrogen) atoms. The fourth-order valence-electron chi connectivity index (χ4n) is 3.91. The number of rotatable bonds is 5. The minimum absolute atomic E-state index is 0.0430. The SMILES string of the molecule is C[C@@H]1C[C@@H](NCc2ccccc2)c2ccccc2N1C(=O)OCc1ccccc1. The van der Waals surface area contributed by atoms with E-state index in [-0.39, 0.29) is 24.8 Å². The Morgan fingerprint density at radius 3 is 2.28 bits per heavy atom. The molecule has 0 saturated heterocycles. The summed E-state index contributed by atoms with van der Waals surface area (Å²) < 4.78 is 5.63. The van der Waals surface area contributed by atoms with Crippen LogP contribution in [-0.2, 0) is 17.9 Å². The number of anilines is 1. The second-order valence-corrected chi connectivity index (χ2v) is 7.47. The summed E-state index contributed by atoms with van der Waals surface area (Å²) in [6.45, 7) is 3.16. The van der Waals surface area contributed by atoms with Crippen LogP contribution in [-0.4, -0.2) is 12.1 Å². The molecule has 3 aromatic rings. The number of amides is 1. The Kier molecular flexibility index (Phi) is 5.92. The number of hydrogen-bond acceptors (Lipinski definition) is 3. The molecule has 148 valence electrons. The summed E-state index contributed by atoms with van der Waals surface area (Å²) in [5.74, 6) is 0. The summed E-state index contributed by atoms with van der Waals surface area (Å²) in [6, 6.07) is 28.5. The van der Waals surface area contributed by atoms with Crippen LogP contribution in [0.5, 0.6) is 0 Å². The largest absolute Gasteiger partial charge is 0.444 e. The van der Waals surface area contributed by atoms with Crippen molar-refractivity contribution in [3.63, 3.8) is 0 Å². The number of hydrogen-bond donors (Lipinski definition) is 1. The number of nitrogens with one attached hydrogen (secondary N) is 1. The normalized spacial score (nSPS) is 18.2. The molecule has 1 heterocycles. The van der Waals surface area contributed by atoms with Crippen LogP contribution in [0.4, 0.5) is 10.5 Å². The predicted molar refractivity (Wildman–Crippen MR) is 116 cm³/mol. The van der Waals surface area contributed by atoms with E-state index in [0.29, 0.717) is 0 Å². The second-order valence-electron chi connectivity index (χ2n) is 7.47. The monoisotopic (exact) mass is 386 g/mol. The molecule has 0 aliphatic carbocycles. The van der Waals surface area contributed by atoms with E-state index in [9.17, 15) is 4.79 Å². The first kappa shape index (κ1) is 19.2. The van der Waals surface area contributed by atoms with Gasteiger partial charge in [0.05, 0.1) is 5.69 Å². The molecule has 0 saturated carbocycles. The van der Waals surface area contributed by atoms with Crippen LogP contribution in [0.25, 0.3) is 0 Å². The third-order valence-electron chi connectivity index (χ3n) is 5.39. The third kappa shape index (κ3) is 4.49. The van der Waals surface area contributed by atoms with Crippen molar-refractivity contribution >= 4 is 11.8 Å². The van der Waals surface area contributed by atoms with Crippen LogP contribution in [0.3, 0.4) is 0 Å². The average molecular weight is 386 g/mol. The molecular weight excluding hydrogens is 360 g/mol. The number of nitrogens with zero attached hydrogens (tertiary/aromatic N) is 1. The molecule has 1 N–H and O–H groups in total. The molecule has 0 spiro atoms. The van der Waals surface area contributed by atoms with E-state index < -0.39 is 0 Å². The maximum absolute atomic E-state index is 12.9. The van der Waals surface area contributed by atoms with Gasteiger partial charge < -0.3 is 10.1 Å². The molecule has 1 aliphatic rings. The fourth-order valence-corrected chi connectivity index (χ4v) is 3.91. The molecule has 4 rings (SSSR count). The smallest absolute Gasteiger partial charge is 0.414 e. The molecule has 0 aromatic heterocycles. The van der Waals surface area contributed by atoms with E-state index >= 15 is 0 Å². The van der Waals surface area contributed by atoms with E-state index in [2.05, 4.69) is 42.6 Å². The first-order valence-electron chi connectivity index (χ1n) is 10.1. The first-order chi connectivity index (χ1) is 14.2. The highest BCUT2D eigenvalue weighted by Crippen LogP contribution is 2.37. The lowest BCUT2D eigenvalue weighted by Crippen LogP contribution is -2.45. The van der Waals surface area contributed by atoms with Crippen molar-refractivity contribution in [3.8, 4) is 0 Å². The summed E-state index contributed by atoms with van der Waals surface area (Å²) in [4.78, 5) is 14.7. The minimum Gasteiger partial charge on any atom is -0.444 e. The summed E-state index contributed by atoms with van der Waals surface area (Å²) in [6.07, 6.45) is 0.542. The molecule has 1 amide bonds. The molecule has 4 heteroatoms. The predicted octanol–water partition coefficient (Wildman–Crippen LogP) is 5.45. The topological polar surface area (TPSA) is 41.6 Å². The molecule has 1 aliphatic heterocycles. The third-order valence-corrected chi connectivity index (χ3v) is 5.39. The van der Waals surface area contributed by atoms with Crippen molar-refractivity contribution in [2.45, 2.75) is 38.6 Å². The van der Waals surface area contributed by atoms with E-state index in [1.54, 1.807) is 4.90 Å². The zero-order chi connectivity index (χ0) is 20.1. The molecular formula is C25H26N2O2. The van der Waals surface area contributed by atoms with Gasteiger partial charge in [0, 0.05) is 18.6 Å². The van der Waals surface area contributed by atoms with Crippen LogP contribution in [0, 0.1) is 0 Å². The van der Waals surface area contributed by atoms with Gasteiger partial charge in [0.1, 0.15) is 6.61 Å². The number of fused-ring (bicyclic) bond motifs is 1. The standard InChI is InChI=1S/C25H26N2O2/c1-19-16-23(26-17-20-10-4-2-5-11-20)22-14-8-9-15-24(22)27(19)25(28)29-18-21-12-6-3-7-13-21/h2-15,19,23,26H,16-18H2,1H3/t19-,23-/m1/s1. The summed E-state index contributed by atoms with van der Waals surface area (Å²) in [7, 11) is 0. The zero-order valence-corrected chi connectivity index (χ0v) is 16.6.